The third-order valence-electron chi connectivity index (χ3n) is 5.81. The quantitative estimate of drug-likeness (QED) is 0.510. The van der Waals surface area contributed by atoms with Crippen molar-refractivity contribution in [1.82, 2.24) is 0 Å². The van der Waals surface area contributed by atoms with Crippen LogP contribution in [0.3, 0.4) is 0 Å². The van der Waals surface area contributed by atoms with Crippen LogP contribution in [-0.4, -0.2) is 56.6 Å². The second-order valence-corrected chi connectivity index (χ2v) is 9.02. The Balaban J connectivity index is 1.64. The number of phenolic OH excluding ortho intramolecular Hbond substituents is 1. The Kier molecular flexibility index (Phi) is 5.92. The molecule has 5 atom stereocenters. The topological polar surface area (TPSA) is 110 Å². The van der Waals surface area contributed by atoms with Crippen molar-refractivity contribution in [2.75, 3.05) is 6.61 Å². The van der Waals surface area contributed by atoms with Gasteiger partial charge in [-0.25, -0.2) is 4.39 Å². The number of hydrogen-bond acceptors (Lipinski definition) is 7. The van der Waals surface area contributed by atoms with Gasteiger partial charge in [0.2, 0.25) is 0 Å². The molecule has 2 aliphatic rings. The van der Waals surface area contributed by atoms with E-state index in [1.165, 1.54) is 22.9 Å². The number of aromatic hydroxyl groups is 1. The van der Waals surface area contributed by atoms with Gasteiger partial charge in [-0.1, -0.05) is 0 Å². The standard InChI is InChI=1S/C21H25FO6S/c22-14-8-15(24)13(21-20(27)19(26)18(25)16(9-23)28-21)7-11(14)6-12-5-10-3-1-2-4-17(10)29-12/h5,7-8,16,18-21,23-27H,1-4,6,9H2/t16-,18-,19+,20-,21+/m1/s1. The van der Waals surface area contributed by atoms with Crippen molar-refractivity contribution in [1.29, 1.82) is 0 Å². The van der Waals surface area contributed by atoms with E-state index >= 15 is 0 Å². The van der Waals surface area contributed by atoms with Crippen molar-refractivity contribution in [2.24, 2.45) is 0 Å². The van der Waals surface area contributed by atoms with Gasteiger partial charge in [0.1, 0.15) is 42.1 Å². The van der Waals surface area contributed by atoms with E-state index in [2.05, 4.69) is 6.07 Å². The molecule has 0 spiro atoms. The molecule has 2 heterocycles. The van der Waals surface area contributed by atoms with Gasteiger partial charge in [-0.05, 0) is 48.9 Å². The first-order valence-electron chi connectivity index (χ1n) is 9.81. The first-order valence-corrected chi connectivity index (χ1v) is 10.6. The summed E-state index contributed by atoms with van der Waals surface area (Å²) in [5.74, 6) is -0.983. The van der Waals surface area contributed by atoms with E-state index in [9.17, 15) is 29.9 Å². The fourth-order valence-electron chi connectivity index (χ4n) is 4.18. The number of halogens is 1. The minimum absolute atomic E-state index is 0.111. The van der Waals surface area contributed by atoms with Crippen molar-refractivity contribution < 1.29 is 34.7 Å². The van der Waals surface area contributed by atoms with Crippen LogP contribution in [0.1, 0.15) is 45.4 Å². The summed E-state index contributed by atoms with van der Waals surface area (Å²) in [6, 6.07) is 4.51. The molecule has 0 amide bonds. The summed E-state index contributed by atoms with van der Waals surface area (Å²) >= 11 is 1.67. The smallest absolute Gasteiger partial charge is 0.130 e. The Hall–Kier alpha value is -1.55. The van der Waals surface area contributed by atoms with Crippen LogP contribution in [0.2, 0.25) is 0 Å². The van der Waals surface area contributed by atoms with Gasteiger partial charge in [0.05, 0.1) is 6.61 Å². The first kappa shape index (κ1) is 20.7. The van der Waals surface area contributed by atoms with Gasteiger partial charge >= 0.3 is 0 Å². The highest BCUT2D eigenvalue weighted by atomic mass is 32.1. The first-order chi connectivity index (χ1) is 13.9. The van der Waals surface area contributed by atoms with Crippen molar-refractivity contribution in [2.45, 2.75) is 62.6 Å². The minimum Gasteiger partial charge on any atom is -0.507 e. The van der Waals surface area contributed by atoms with E-state index in [-0.39, 0.29) is 5.56 Å². The molecule has 6 nitrogen and oxygen atoms in total. The molecule has 0 bridgehead atoms. The Morgan fingerprint density at radius 3 is 2.52 bits per heavy atom. The Labute approximate surface area is 171 Å². The summed E-state index contributed by atoms with van der Waals surface area (Å²) in [6.07, 6.45) is -2.14. The van der Waals surface area contributed by atoms with E-state index in [0.717, 1.165) is 30.2 Å². The average molecular weight is 424 g/mol. The normalized spacial score (nSPS) is 29.6. The fraction of sp³-hybridized carbons (Fsp3) is 0.524. The summed E-state index contributed by atoms with van der Waals surface area (Å²) in [5.41, 5.74) is 1.78. The zero-order valence-electron chi connectivity index (χ0n) is 15.8. The number of aliphatic hydroxyl groups is 4. The highest BCUT2D eigenvalue weighted by molar-refractivity contribution is 7.12. The number of phenols is 1. The Morgan fingerprint density at radius 1 is 1.03 bits per heavy atom. The van der Waals surface area contributed by atoms with Crippen LogP contribution in [0.15, 0.2) is 18.2 Å². The molecule has 158 valence electrons. The molecular formula is C21H25FO6S. The molecule has 0 saturated carbocycles. The largest absolute Gasteiger partial charge is 0.507 e. The number of hydrogen-bond donors (Lipinski definition) is 5. The predicted molar refractivity (Wildman–Crippen MR) is 105 cm³/mol. The number of aliphatic hydroxyl groups excluding tert-OH is 4. The summed E-state index contributed by atoms with van der Waals surface area (Å²) in [4.78, 5) is 2.38. The van der Waals surface area contributed by atoms with Gasteiger partial charge in [0, 0.05) is 27.8 Å². The number of aryl methyl sites for hydroxylation is 2. The molecule has 4 rings (SSSR count). The SMILES string of the molecule is OC[C@H]1O[C@@H](c2cc(Cc3cc4c(s3)CCCC4)c(F)cc2O)[C@H](O)[C@@H](O)[C@@H]1O. The lowest BCUT2D eigenvalue weighted by atomic mass is 9.89. The molecule has 5 N–H and O–H groups in total. The molecule has 29 heavy (non-hydrogen) atoms. The summed E-state index contributed by atoms with van der Waals surface area (Å²) in [7, 11) is 0. The van der Waals surface area contributed by atoms with E-state index < -0.39 is 48.7 Å². The van der Waals surface area contributed by atoms with Gasteiger partial charge < -0.3 is 30.3 Å². The summed E-state index contributed by atoms with van der Waals surface area (Å²) in [6.45, 7) is -0.572. The van der Waals surface area contributed by atoms with Gasteiger partial charge in [-0.3, -0.25) is 0 Å². The van der Waals surface area contributed by atoms with Crippen molar-refractivity contribution in [3.63, 3.8) is 0 Å². The molecule has 0 unspecified atom stereocenters. The molecule has 1 fully saturated rings. The van der Waals surface area contributed by atoms with Crippen LogP contribution in [0.25, 0.3) is 0 Å². The zero-order valence-corrected chi connectivity index (χ0v) is 16.6. The van der Waals surface area contributed by atoms with E-state index in [1.807, 2.05) is 0 Å². The molecule has 2 aromatic rings. The van der Waals surface area contributed by atoms with Gasteiger partial charge in [0.25, 0.3) is 0 Å². The zero-order chi connectivity index (χ0) is 20.7. The van der Waals surface area contributed by atoms with Crippen LogP contribution < -0.4 is 0 Å². The minimum atomic E-state index is -1.57. The molecular weight excluding hydrogens is 399 g/mol. The third-order valence-corrected chi connectivity index (χ3v) is 7.04. The van der Waals surface area contributed by atoms with Crippen molar-refractivity contribution in [3.8, 4) is 5.75 Å². The lowest BCUT2D eigenvalue weighted by molar-refractivity contribution is -0.232. The summed E-state index contributed by atoms with van der Waals surface area (Å²) in [5, 5.41) is 50.0. The average Bonchev–Trinajstić information content (AvgIpc) is 3.11. The molecule has 1 saturated heterocycles. The number of thiophene rings is 1. The van der Waals surface area contributed by atoms with E-state index in [0.29, 0.717) is 12.0 Å². The number of rotatable bonds is 4. The van der Waals surface area contributed by atoms with Crippen LogP contribution in [0, 0.1) is 5.82 Å². The highest BCUT2D eigenvalue weighted by Crippen LogP contribution is 2.39. The van der Waals surface area contributed by atoms with Crippen LogP contribution in [-0.2, 0) is 24.0 Å². The predicted octanol–water partition coefficient (Wildman–Crippen LogP) is 1.58. The maximum absolute atomic E-state index is 14.6. The molecule has 1 aromatic carbocycles. The van der Waals surface area contributed by atoms with Crippen LogP contribution >= 0.6 is 11.3 Å². The second-order valence-electron chi connectivity index (χ2n) is 7.80. The second kappa shape index (κ2) is 8.29. The number of benzene rings is 1. The monoisotopic (exact) mass is 424 g/mol. The Morgan fingerprint density at radius 2 is 1.79 bits per heavy atom. The van der Waals surface area contributed by atoms with Gasteiger partial charge in [-0.2, -0.15) is 0 Å². The molecule has 0 radical (unpaired) electrons. The number of ether oxygens (including phenoxy) is 1. The van der Waals surface area contributed by atoms with E-state index in [4.69, 9.17) is 4.74 Å². The Bertz CT molecular complexity index is 859. The fourth-order valence-corrected chi connectivity index (χ4v) is 5.46. The highest BCUT2D eigenvalue weighted by Gasteiger charge is 2.44. The van der Waals surface area contributed by atoms with Gasteiger partial charge in [-0.15, -0.1) is 11.3 Å². The van der Waals surface area contributed by atoms with Crippen LogP contribution in [0.5, 0.6) is 5.75 Å². The lowest BCUT2D eigenvalue weighted by Gasteiger charge is -2.40. The maximum Gasteiger partial charge on any atom is 0.130 e. The third kappa shape index (κ3) is 3.93. The molecule has 1 aliphatic carbocycles. The van der Waals surface area contributed by atoms with Crippen LogP contribution in [0.4, 0.5) is 4.39 Å². The molecule has 1 aromatic heterocycles. The number of fused-ring (bicyclic) bond motifs is 1. The molecule has 1 aliphatic heterocycles. The van der Waals surface area contributed by atoms with E-state index in [1.54, 1.807) is 11.3 Å². The lowest BCUT2D eigenvalue weighted by Crippen LogP contribution is -2.55. The summed E-state index contributed by atoms with van der Waals surface area (Å²) < 4.78 is 20.1. The van der Waals surface area contributed by atoms with Crippen molar-refractivity contribution in [3.05, 3.63) is 50.5 Å². The maximum atomic E-state index is 14.6. The van der Waals surface area contributed by atoms with Gasteiger partial charge in [0.15, 0.2) is 0 Å². The van der Waals surface area contributed by atoms with Crippen molar-refractivity contribution >= 4 is 11.3 Å². The molecule has 8 heteroatoms.